The van der Waals surface area contributed by atoms with E-state index in [-0.39, 0.29) is 5.76 Å². The lowest BCUT2D eigenvalue weighted by Gasteiger charge is -2.19. The first-order valence-electron chi connectivity index (χ1n) is 6.75. The van der Waals surface area contributed by atoms with E-state index in [0.717, 1.165) is 38.2 Å². The first kappa shape index (κ1) is 12.4. The quantitative estimate of drug-likeness (QED) is 0.873. The van der Waals surface area contributed by atoms with Gasteiger partial charge in [-0.05, 0) is 37.2 Å². The van der Waals surface area contributed by atoms with Crippen LogP contribution in [0.3, 0.4) is 0 Å². The summed E-state index contributed by atoms with van der Waals surface area (Å²) in [6.45, 7) is 5.27. The summed E-state index contributed by atoms with van der Waals surface area (Å²) in [7, 11) is 1.74. The van der Waals surface area contributed by atoms with Gasteiger partial charge in [0.1, 0.15) is 0 Å². The highest BCUT2D eigenvalue weighted by Crippen LogP contribution is 2.16. The second-order valence-electron chi connectivity index (χ2n) is 5.11. The van der Waals surface area contributed by atoms with Gasteiger partial charge in [0.2, 0.25) is 0 Å². The van der Waals surface area contributed by atoms with E-state index in [4.69, 9.17) is 4.42 Å². The summed E-state index contributed by atoms with van der Waals surface area (Å²) in [5.41, 5.74) is 2.76. The maximum atomic E-state index is 11.5. The fraction of sp³-hybridized carbons (Fsp3) is 0.500. The second-order valence-corrected chi connectivity index (χ2v) is 5.11. The van der Waals surface area contributed by atoms with Crippen molar-refractivity contribution in [3.05, 3.63) is 34.3 Å². The van der Waals surface area contributed by atoms with Crippen LogP contribution < -0.4 is 11.1 Å². The van der Waals surface area contributed by atoms with Crippen LogP contribution in [0.15, 0.2) is 27.4 Å². The number of hydrogen-bond acceptors (Lipinski definition) is 4. The van der Waals surface area contributed by atoms with E-state index in [9.17, 15) is 4.79 Å². The number of nitrogens with one attached hydrogen (secondary N) is 1. The Morgan fingerprint density at radius 2 is 2.21 bits per heavy atom. The zero-order valence-corrected chi connectivity index (χ0v) is 11.2. The van der Waals surface area contributed by atoms with Crippen molar-refractivity contribution in [2.75, 3.05) is 26.2 Å². The van der Waals surface area contributed by atoms with E-state index in [2.05, 4.69) is 16.3 Å². The molecule has 0 bridgehead atoms. The predicted octanol–water partition coefficient (Wildman–Crippen LogP) is 0.927. The fourth-order valence-electron chi connectivity index (χ4n) is 2.59. The minimum absolute atomic E-state index is 0.300. The highest BCUT2D eigenvalue weighted by Gasteiger charge is 2.11. The van der Waals surface area contributed by atoms with E-state index in [1.54, 1.807) is 11.6 Å². The molecule has 102 valence electrons. The Hall–Kier alpha value is -1.59. The van der Waals surface area contributed by atoms with Gasteiger partial charge in [0.15, 0.2) is 5.58 Å². The van der Waals surface area contributed by atoms with Gasteiger partial charge < -0.3 is 9.73 Å². The van der Waals surface area contributed by atoms with Crippen molar-refractivity contribution in [1.29, 1.82) is 0 Å². The second kappa shape index (κ2) is 5.19. The number of nitrogens with zero attached hydrogens (tertiary/aromatic N) is 2. The molecule has 2 heterocycles. The average molecular weight is 261 g/mol. The molecule has 5 heteroatoms. The molecule has 0 atom stereocenters. The Morgan fingerprint density at radius 3 is 3.11 bits per heavy atom. The number of aromatic nitrogens is 1. The Morgan fingerprint density at radius 1 is 1.32 bits per heavy atom. The molecule has 0 amide bonds. The van der Waals surface area contributed by atoms with Crippen LogP contribution in [0, 0.1) is 0 Å². The molecule has 0 radical (unpaired) electrons. The molecule has 0 unspecified atom stereocenters. The van der Waals surface area contributed by atoms with Gasteiger partial charge in [0, 0.05) is 26.7 Å². The van der Waals surface area contributed by atoms with E-state index in [1.165, 1.54) is 12.0 Å². The molecule has 0 saturated carbocycles. The van der Waals surface area contributed by atoms with Crippen LogP contribution in [0.1, 0.15) is 12.0 Å². The largest absolute Gasteiger partial charge is 0.419 e. The number of rotatable bonds is 2. The summed E-state index contributed by atoms with van der Waals surface area (Å²) in [4.78, 5) is 13.9. The highest BCUT2D eigenvalue weighted by molar-refractivity contribution is 5.73. The molecule has 2 aromatic rings. The highest BCUT2D eigenvalue weighted by atomic mass is 16.4. The molecular weight excluding hydrogens is 242 g/mol. The van der Waals surface area contributed by atoms with Crippen LogP contribution in [0.4, 0.5) is 0 Å². The van der Waals surface area contributed by atoms with E-state index in [0.29, 0.717) is 5.58 Å². The Kier molecular flexibility index (Phi) is 3.40. The van der Waals surface area contributed by atoms with Crippen LogP contribution in [0.2, 0.25) is 0 Å². The molecule has 1 fully saturated rings. The molecule has 1 aromatic heterocycles. The standard InChI is InChI=1S/C14H19N3O2/c1-16-12-9-11(3-4-13(12)19-14(16)18)10-17-7-2-5-15-6-8-17/h3-4,9,15H,2,5-8,10H2,1H3. The fourth-order valence-corrected chi connectivity index (χ4v) is 2.59. The molecule has 1 aliphatic heterocycles. The lowest BCUT2D eigenvalue weighted by atomic mass is 10.2. The van der Waals surface area contributed by atoms with E-state index in [1.807, 2.05) is 12.1 Å². The normalized spacial score (nSPS) is 17.7. The summed E-state index contributed by atoms with van der Waals surface area (Å²) in [5.74, 6) is -0.300. The van der Waals surface area contributed by atoms with Crippen LogP contribution in [0.25, 0.3) is 11.1 Å². The van der Waals surface area contributed by atoms with Crippen LogP contribution in [0.5, 0.6) is 0 Å². The lowest BCUT2D eigenvalue weighted by Crippen LogP contribution is -2.27. The third-order valence-electron chi connectivity index (χ3n) is 3.69. The van der Waals surface area contributed by atoms with Crippen molar-refractivity contribution in [3.63, 3.8) is 0 Å². The van der Waals surface area contributed by atoms with Gasteiger partial charge in [-0.3, -0.25) is 9.47 Å². The van der Waals surface area contributed by atoms with Gasteiger partial charge in [-0.25, -0.2) is 4.79 Å². The smallest absolute Gasteiger partial charge is 0.408 e. The zero-order valence-electron chi connectivity index (χ0n) is 11.2. The number of hydrogen-bond donors (Lipinski definition) is 1. The molecule has 1 aromatic carbocycles. The molecule has 1 aliphatic rings. The van der Waals surface area contributed by atoms with Gasteiger partial charge in [-0.2, -0.15) is 0 Å². The van der Waals surface area contributed by atoms with Gasteiger partial charge in [-0.1, -0.05) is 6.07 Å². The maximum Gasteiger partial charge on any atom is 0.419 e. The molecule has 3 rings (SSSR count). The van der Waals surface area contributed by atoms with E-state index < -0.39 is 0 Å². The molecule has 1 saturated heterocycles. The Bertz CT molecular complexity index is 621. The summed E-state index contributed by atoms with van der Waals surface area (Å²) < 4.78 is 6.71. The van der Waals surface area contributed by atoms with Gasteiger partial charge in [0.05, 0.1) is 5.52 Å². The summed E-state index contributed by atoms with van der Waals surface area (Å²) in [5, 5.41) is 3.40. The number of oxazole rings is 1. The topological polar surface area (TPSA) is 50.4 Å². The summed E-state index contributed by atoms with van der Waals surface area (Å²) in [6.07, 6.45) is 1.19. The number of fused-ring (bicyclic) bond motifs is 1. The number of aryl methyl sites for hydroxylation is 1. The zero-order chi connectivity index (χ0) is 13.2. The minimum atomic E-state index is -0.300. The van der Waals surface area contributed by atoms with Crippen molar-refractivity contribution >= 4 is 11.1 Å². The summed E-state index contributed by atoms with van der Waals surface area (Å²) >= 11 is 0. The lowest BCUT2D eigenvalue weighted by molar-refractivity contribution is 0.284. The van der Waals surface area contributed by atoms with Crippen LogP contribution in [-0.2, 0) is 13.6 Å². The molecule has 5 nitrogen and oxygen atoms in total. The van der Waals surface area contributed by atoms with Gasteiger partial charge in [0.25, 0.3) is 0 Å². The number of benzene rings is 1. The van der Waals surface area contributed by atoms with Crippen molar-refractivity contribution in [3.8, 4) is 0 Å². The van der Waals surface area contributed by atoms with Gasteiger partial charge in [-0.15, -0.1) is 0 Å². The third-order valence-corrected chi connectivity index (χ3v) is 3.69. The first-order valence-corrected chi connectivity index (χ1v) is 6.75. The molecule has 19 heavy (non-hydrogen) atoms. The predicted molar refractivity (Wildman–Crippen MR) is 74.2 cm³/mol. The Balaban J connectivity index is 1.84. The van der Waals surface area contributed by atoms with E-state index >= 15 is 0 Å². The van der Waals surface area contributed by atoms with Crippen LogP contribution in [-0.4, -0.2) is 35.6 Å². The monoisotopic (exact) mass is 261 g/mol. The summed E-state index contributed by atoms with van der Waals surface area (Å²) in [6, 6.07) is 5.99. The Labute approximate surface area is 111 Å². The third kappa shape index (κ3) is 2.57. The SMILES string of the molecule is Cn1c(=O)oc2ccc(CN3CCCNCC3)cc21. The van der Waals surface area contributed by atoms with Crippen molar-refractivity contribution < 1.29 is 4.42 Å². The molecule has 1 N–H and O–H groups in total. The minimum Gasteiger partial charge on any atom is -0.408 e. The van der Waals surface area contributed by atoms with Crippen molar-refractivity contribution in [2.24, 2.45) is 7.05 Å². The van der Waals surface area contributed by atoms with Gasteiger partial charge >= 0.3 is 5.76 Å². The molecule has 0 aliphatic carbocycles. The molecule has 0 spiro atoms. The van der Waals surface area contributed by atoms with Crippen molar-refractivity contribution in [2.45, 2.75) is 13.0 Å². The van der Waals surface area contributed by atoms with Crippen molar-refractivity contribution in [1.82, 2.24) is 14.8 Å². The van der Waals surface area contributed by atoms with Crippen LogP contribution >= 0.6 is 0 Å². The first-order chi connectivity index (χ1) is 9.24. The average Bonchev–Trinajstić information content (AvgIpc) is 2.61. The maximum absolute atomic E-state index is 11.5. The molecular formula is C14H19N3O2.